The number of benzene rings is 1. The van der Waals surface area contributed by atoms with E-state index in [1.807, 2.05) is 29.9 Å². The summed E-state index contributed by atoms with van der Waals surface area (Å²) in [5, 5.41) is 4.58. The molecule has 0 aliphatic rings. The van der Waals surface area contributed by atoms with Crippen LogP contribution in [0.5, 0.6) is 5.75 Å². The first-order valence-electron chi connectivity index (χ1n) is 6.95. The predicted octanol–water partition coefficient (Wildman–Crippen LogP) is 2.64. The third kappa shape index (κ3) is 2.70. The molecule has 0 aliphatic carbocycles. The molecule has 1 aromatic carbocycles. The Morgan fingerprint density at radius 1 is 1.30 bits per heavy atom. The van der Waals surface area contributed by atoms with Gasteiger partial charge >= 0.3 is 0 Å². The highest BCUT2D eigenvalue weighted by atomic mass is 16.5. The summed E-state index contributed by atoms with van der Waals surface area (Å²) in [6, 6.07) is 10.2. The molecule has 2 aromatic rings. The van der Waals surface area contributed by atoms with Crippen molar-refractivity contribution in [2.24, 2.45) is 12.8 Å². The summed E-state index contributed by atoms with van der Waals surface area (Å²) in [4.78, 5) is 0. The fraction of sp³-hybridized carbons (Fsp3) is 0.438. The largest absolute Gasteiger partial charge is 0.496 e. The number of rotatable bonds is 5. The summed E-state index contributed by atoms with van der Waals surface area (Å²) < 4.78 is 7.39. The lowest BCUT2D eigenvalue weighted by molar-refractivity contribution is 0.407. The van der Waals surface area contributed by atoms with E-state index < -0.39 is 0 Å². The summed E-state index contributed by atoms with van der Waals surface area (Å²) in [5.74, 6) is 1.37. The van der Waals surface area contributed by atoms with Crippen molar-refractivity contribution in [1.82, 2.24) is 9.78 Å². The highest BCUT2D eigenvalue weighted by molar-refractivity contribution is 5.41. The number of aryl methyl sites for hydroxylation is 1. The molecule has 108 valence electrons. The van der Waals surface area contributed by atoms with E-state index in [2.05, 4.69) is 31.1 Å². The van der Waals surface area contributed by atoms with Gasteiger partial charge in [-0.2, -0.15) is 5.10 Å². The number of para-hydroxylation sites is 1. The molecule has 1 heterocycles. The molecule has 1 aromatic heterocycles. The van der Waals surface area contributed by atoms with Gasteiger partial charge in [0.15, 0.2) is 0 Å². The molecule has 0 aliphatic heterocycles. The molecule has 20 heavy (non-hydrogen) atoms. The lowest BCUT2D eigenvalue weighted by Crippen LogP contribution is -2.17. The molecular weight excluding hydrogens is 250 g/mol. The second-order valence-electron chi connectivity index (χ2n) is 5.30. The topological polar surface area (TPSA) is 53.1 Å². The Labute approximate surface area is 120 Å². The van der Waals surface area contributed by atoms with Crippen molar-refractivity contribution in [3.05, 3.63) is 47.3 Å². The summed E-state index contributed by atoms with van der Waals surface area (Å²) in [7, 11) is 3.66. The van der Waals surface area contributed by atoms with Gasteiger partial charge in [0.05, 0.1) is 12.8 Å². The number of hydrogen-bond donors (Lipinski definition) is 1. The fourth-order valence-electron chi connectivity index (χ4n) is 2.47. The summed E-state index contributed by atoms with van der Waals surface area (Å²) in [5.41, 5.74) is 9.34. The van der Waals surface area contributed by atoms with Crippen molar-refractivity contribution in [3.63, 3.8) is 0 Å². The average molecular weight is 273 g/mol. The third-order valence-electron chi connectivity index (χ3n) is 3.63. The van der Waals surface area contributed by atoms with Crippen LogP contribution in [0.3, 0.4) is 0 Å². The Bertz CT molecular complexity index is 575. The van der Waals surface area contributed by atoms with Crippen LogP contribution in [0.4, 0.5) is 0 Å². The molecule has 0 saturated heterocycles. The van der Waals surface area contributed by atoms with Gasteiger partial charge in [0.1, 0.15) is 5.75 Å². The Morgan fingerprint density at radius 3 is 2.55 bits per heavy atom. The van der Waals surface area contributed by atoms with Gasteiger partial charge in [0.2, 0.25) is 0 Å². The minimum Gasteiger partial charge on any atom is -0.496 e. The van der Waals surface area contributed by atoms with E-state index >= 15 is 0 Å². The fourth-order valence-corrected chi connectivity index (χ4v) is 2.47. The predicted molar refractivity (Wildman–Crippen MR) is 81.2 cm³/mol. The van der Waals surface area contributed by atoms with Gasteiger partial charge in [-0.05, 0) is 18.1 Å². The van der Waals surface area contributed by atoms with Crippen molar-refractivity contribution in [2.45, 2.75) is 25.7 Å². The maximum absolute atomic E-state index is 6.02. The zero-order valence-corrected chi connectivity index (χ0v) is 12.6. The van der Waals surface area contributed by atoms with Gasteiger partial charge in [-0.1, -0.05) is 32.0 Å². The molecule has 2 N–H and O–H groups in total. The molecule has 0 amide bonds. The first kappa shape index (κ1) is 14.6. The van der Waals surface area contributed by atoms with Crippen molar-refractivity contribution in [3.8, 4) is 5.75 Å². The van der Waals surface area contributed by atoms with Crippen LogP contribution in [0.2, 0.25) is 0 Å². The van der Waals surface area contributed by atoms with Crippen LogP contribution in [0, 0.1) is 0 Å². The molecule has 0 saturated carbocycles. The average Bonchev–Trinajstić information content (AvgIpc) is 2.83. The number of aromatic nitrogens is 2. The van der Waals surface area contributed by atoms with Crippen molar-refractivity contribution < 1.29 is 4.74 Å². The van der Waals surface area contributed by atoms with Crippen LogP contribution < -0.4 is 10.5 Å². The lowest BCUT2D eigenvalue weighted by Gasteiger charge is -2.18. The molecule has 0 bridgehead atoms. The SMILES string of the molecule is COc1ccccc1C(CN)c1cc(C(C)C)nn1C. The second-order valence-corrected chi connectivity index (χ2v) is 5.30. The van der Waals surface area contributed by atoms with E-state index in [1.165, 1.54) is 0 Å². The quantitative estimate of drug-likeness (QED) is 0.911. The van der Waals surface area contributed by atoms with Crippen LogP contribution in [0.25, 0.3) is 0 Å². The molecule has 0 radical (unpaired) electrons. The maximum Gasteiger partial charge on any atom is 0.122 e. The number of nitrogens with two attached hydrogens (primary N) is 1. The van der Waals surface area contributed by atoms with E-state index in [4.69, 9.17) is 10.5 Å². The van der Waals surface area contributed by atoms with Crippen molar-refractivity contribution >= 4 is 0 Å². The Kier molecular flexibility index (Phi) is 4.45. The van der Waals surface area contributed by atoms with E-state index in [0.717, 1.165) is 22.7 Å². The molecule has 1 unspecified atom stereocenters. The van der Waals surface area contributed by atoms with E-state index in [0.29, 0.717) is 12.5 Å². The van der Waals surface area contributed by atoms with Crippen LogP contribution in [0.15, 0.2) is 30.3 Å². The summed E-state index contributed by atoms with van der Waals surface area (Å²) >= 11 is 0. The molecule has 0 spiro atoms. The van der Waals surface area contributed by atoms with E-state index in [1.54, 1.807) is 7.11 Å². The lowest BCUT2D eigenvalue weighted by atomic mass is 9.94. The second kappa shape index (κ2) is 6.09. The van der Waals surface area contributed by atoms with Crippen LogP contribution >= 0.6 is 0 Å². The highest BCUT2D eigenvalue weighted by Crippen LogP contribution is 2.32. The minimum atomic E-state index is 0.0937. The van der Waals surface area contributed by atoms with E-state index in [9.17, 15) is 0 Å². The molecular formula is C16H23N3O. The Hall–Kier alpha value is -1.81. The van der Waals surface area contributed by atoms with Gasteiger partial charge in [0, 0.05) is 30.8 Å². The number of methoxy groups -OCH3 is 1. The van der Waals surface area contributed by atoms with Crippen molar-refractivity contribution in [1.29, 1.82) is 0 Å². The van der Waals surface area contributed by atoms with Crippen LogP contribution in [-0.4, -0.2) is 23.4 Å². The summed E-state index contributed by atoms with van der Waals surface area (Å²) in [6.45, 7) is 4.82. The number of ether oxygens (including phenoxy) is 1. The zero-order valence-electron chi connectivity index (χ0n) is 12.6. The first-order chi connectivity index (χ1) is 9.58. The van der Waals surface area contributed by atoms with Crippen LogP contribution in [0.1, 0.15) is 42.6 Å². The molecule has 2 rings (SSSR count). The Balaban J connectivity index is 2.47. The summed E-state index contributed by atoms with van der Waals surface area (Å²) in [6.07, 6.45) is 0. The van der Waals surface area contributed by atoms with Gasteiger partial charge in [0.25, 0.3) is 0 Å². The zero-order chi connectivity index (χ0) is 14.7. The first-order valence-corrected chi connectivity index (χ1v) is 6.95. The monoisotopic (exact) mass is 273 g/mol. The van der Waals surface area contributed by atoms with Gasteiger partial charge in [-0.15, -0.1) is 0 Å². The van der Waals surface area contributed by atoms with Crippen molar-refractivity contribution in [2.75, 3.05) is 13.7 Å². The normalized spacial score (nSPS) is 12.7. The standard InChI is InChI=1S/C16H23N3O/c1-11(2)14-9-15(19(3)18-14)13(10-17)12-7-5-6-8-16(12)20-4/h5-9,11,13H,10,17H2,1-4H3. The van der Waals surface area contributed by atoms with Gasteiger partial charge < -0.3 is 10.5 Å². The smallest absolute Gasteiger partial charge is 0.122 e. The molecule has 4 heteroatoms. The molecule has 1 atom stereocenters. The maximum atomic E-state index is 6.02. The Morgan fingerprint density at radius 2 is 2.00 bits per heavy atom. The van der Waals surface area contributed by atoms with Gasteiger partial charge in [-0.25, -0.2) is 0 Å². The van der Waals surface area contributed by atoms with Gasteiger partial charge in [-0.3, -0.25) is 4.68 Å². The van der Waals surface area contributed by atoms with E-state index in [-0.39, 0.29) is 5.92 Å². The number of nitrogens with zero attached hydrogens (tertiary/aromatic N) is 2. The highest BCUT2D eigenvalue weighted by Gasteiger charge is 2.21. The van der Waals surface area contributed by atoms with Crippen LogP contribution in [-0.2, 0) is 7.05 Å². The minimum absolute atomic E-state index is 0.0937. The third-order valence-corrected chi connectivity index (χ3v) is 3.63. The number of hydrogen-bond acceptors (Lipinski definition) is 3. The molecule has 4 nitrogen and oxygen atoms in total. The molecule has 0 fully saturated rings.